The maximum Gasteiger partial charge on any atom is 0.271 e. The van der Waals surface area contributed by atoms with Crippen LogP contribution in [0.25, 0.3) is 10.9 Å². The van der Waals surface area contributed by atoms with E-state index < -0.39 is 0 Å². The number of amides is 1. The highest BCUT2D eigenvalue weighted by Crippen LogP contribution is 2.15. The monoisotopic (exact) mass is 310 g/mol. The summed E-state index contributed by atoms with van der Waals surface area (Å²) in [5.41, 5.74) is 1.21. The van der Waals surface area contributed by atoms with Gasteiger partial charge in [-0.25, -0.2) is 4.68 Å². The molecular formula is C17H18N4O2. The van der Waals surface area contributed by atoms with Crippen molar-refractivity contribution in [1.82, 2.24) is 19.7 Å². The van der Waals surface area contributed by atoms with Crippen molar-refractivity contribution in [2.45, 2.75) is 13.0 Å². The SMILES string of the molecule is Cn1nc(C(=O)NCCCn2ccc3ccccc32)ccc1=O. The van der Waals surface area contributed by atoms with E-state index in [9.17, 15) is 9.59 Å². The van der Waals surface area contributed by atoms with E-state index in [0.717, 1.165) is 17.6 Å². The van der Waals surface area contributed by atoms with E-state index in [-0.39, 0.29) is 17.2 Å². The Morgan fingerprint density at radius 2 is 2.00 bits per heavy atom. The van der Waals surface area contributed by atoms with Crippen LogP contribution in [0.15, 0.2) is 53.5 Å². The molecule has 0 atom stereocenters. The normalized spacial score (nSPS) is 10.8. The molecule has 3 rings (SSSR count). The Hall–Kier alpha value is -2.89. The molecule has 0 aliphatic heterocycles. The maximum atomic E-state index is 12.0. The second-order valence-electron chi connectivity index (χ2n) is 5.36. The number of aromatic nitrogens is 3. The smallest absolute Gasteiger partial charge is 0.271 e. The fraction of sp³-hybridized carbons (Fsp3) is 0.235. The van der Waals surface area contributed by atoms with E-state index >= 15 is 0 Å². The first-order valence-corrected chi connectivity index (χ1v) is 7.51. The van der Waals surface area contributed by atoms with Gasteiger partial charge in [0.2, 0.25) is 0 Å². The van der Waals surface area contributed by atoms with Crippen molar-refractivity contribution in [2.24, 2.45) is 7.05 Å². The van der Waals surface area contributed by atoms with Crippen molar-refractivity contribution in [2.75, 3.05) is 6.54 Å². The topological polar surface area (TPSA) is 68.9 Å². The van der Waals surface area contributed by atoms with Crippen LogP contribution in [0.4, 0.5) is 0 Å². The van der Waals surface area contributed by atoms with Gasteiger partial charge in [0.1, 0.15) is 5.69 Å². The van der Waals surface area contributed by atoms with Gasteiger partial charge in [-0.3, -0.25) is 9.59 Å². The third-order valence-electron chi connectivity index (χ3n) is 3.73. The molecule has 1 amide bonds. The van der Waals surface area contributed by atoms with Crippen LogP contribution >= 0.6 is 0 Å². The van der Waals surface area contributed by atoms with Gasteiger partial charge >= 0.3 is 0 Å². The number of nitrogens with zero attached hydrogens (tertiary/aromatic N) is 3. The minimum absolute atomic E-state index is 0.235. The number of carbonyl (C=O) groups is 1. The average molecular weight is 310 g/mol. The molecule has 0 aliphatic carbocycles. The molecule has 2 aromatic heterocycles. The first-order chi connectivity index (χ1) is 11.1. The highest BCUT2D eigenvalue weighted by atomic mass is 16.2. The van der Waals surface area contributed by atoms with Crippen molar-refractivity contribution in [3.8, 4) is 0 Å². The van der Waals surface area contributed by atoms with Crippen molar-refractivity contribution in [1.29, 1.82) is 0 Å². The van der Waals surface area contributed by atoms with Crippen molar-refractivity contribution in [3.05, 3.63) is 64.7 Å². The molecule has 0 bridgehead atoms. The molecule has 23 heavy (non-hydrogen) atoms. The Morgan fingerprint density at radius 1 is 1.17 bits per heavy atom. The molecule has 0 radical (unpaired) electrons. The summed E-state index contributed by atoms with van der Waals surface area (Å²) in [6, 6.07) is 13.1. The average Bonchev–Trinajstić information content (AvgIpc) is 2.97. The van der Waals surface area contributed by atoms with Gasteiger partial charge in [0, 0.05) is 37.9 Å². The first-order valence-electron chi connectivity index (χ1n) is 7.51. The molecular weight excluding hydrogens is 292 g/mol. The van der Waals surface area contributed by atoms with Crippen LogP contribution in [0, 0.1) is 0 Å². The van der Waals surface area contributed by atoms with Crippen LogP contribution in [0.3, 0.4) is 0 Å². The number of para-hydroxylation sites is 1. The molecule has 3 aromatic rings. The van der Waals surface area contributed by atoms with Gasteiger partial charge in [0.15, 0.2) is 0 Å². The van der Waals surface area contributed by atoms with Crippen LogP contribution in [0.5, 0.6) is 0 Å². The fourth-order valence-corrected chi connectivity index (χ4v) is 2.50. The maximum absolute atomic E-state index is 12.0. The molecule has 0 spiro atoms. The second kappa shape index (κ2) is 6.48. The van der Waals surface area contributed by atoms with E-state index in [1.54, 1.807) is 0 Å². The lowest BCUT2D eigenvalue weighted by Crippen LogP contribution is -2.29. The van der Waals surface area contributed by atoms with E-state index in [0.29, 0.717) is 6.54 Å². The van der Waals surface area contributed by atoms with Crippen LogP contribution in [-0.4, -0.2) is 26.8 Å². The molecule has 0 unspecified atom stereocenters. The second-order valence-corrected chi connectivity index (χ2v) is 5.36. The molecule has 2 heterocycles. The quantitative estimate of drug-likeness (QED) is 0.727. The Kier molecular flexibility index (Phi) is 4.23. The summed E-state index contributed by atoms with van der Waals surface area (Å²) in [6.45, 7) is 1.38. The third kappa shape index (κ3) is 3.31. The van der Waals surface area contributed by atoms with Crippen LogP contribution in [0.2, 0.25) is 0 Å². The van der Waals surface area contributed by atoms with Crippen molar-refractivity contribution in [3.63, 3.8) is 0 Å². The van der Waals surface area contributed by atoms with Gasteiger partial charge in [-0.15, -0.1) is 0 Å². The van der Waals surface area contributed by atoms with Gasteiger partial charge in [0.05, 0.1) is 0 Å². The van der Waals surface area contributed by atoms with Crippen molar-refractivity contribution < 1.29 is 4.79 Å². The van der Waals surface area contributed by atoms with Crippen LogP contribution < -0.4 is 10.9 Å². The number of rotatable bonds is 5. The summed E-state index contributed by atoms with van der Waals surface area (Å²) in [4.78, 5) is 23.2. The third-order valence-corrected chi connectivity index (χ3v) is 3.73. The summed E-state index contributed by atoms with van der Waals surface area (Å²) < 4.78 is 3.33. The zero-order chi connectivity index (χ0) is 16.2. The van der Waals surface area contributed by atoms with E-state index in [1.165, 1.54) is 30.1 Å². The van der Waals surface area contributed by atoms with Crippen LogP contribution in [0.1, 0.15) is 16.9 Å². The molecule has 0 fully saturated rings. The lowest BCUT2D eigenvalue weighted by atomic mass is 10.2. The minimum atomic E-state index is -0.266. The standard InChI is InChI=1S/C17H18N4O2/c1-20-16(22)8-7-14(19-20)17(23)18-10-4-11-21-12-9-13-5-2-3-6-15(13)21/h2-3,5-9,12H,4,10-11H2,1H3,(H,18,23). The molecule has 0 aliphatic rings. The number of hydrogen-bond acceptors (Lipinski definition) is 3. The number of fused-ring (bicyclic) bond motifs is 1. The fourth-order valence-electron chi connectivity index (χ4n) is 2.50. The molecule has 1 aromatic carbocycles. The summed E-state index contributed by atoms with van der Waals surface area (Å²) in [7, 11) is 1.52. The summed E-state index contributed by atoms with van der Waals surface area (Å²) in [5, 5.41) is 7.97. The molecule has 0 saturated heterocycles. The summed E-state index contributed by atoms with van der Waals surface area (Å²) in [6.07, 6.45) is 2.87. The predicted molar refractivity (Wildman–Crippen MR) is 88.4 cm³/mol. The number of nitrogens with one attached hydrogen (secondary N) is 1. The largest absolute Gasteiger partial charge is 0.351 e. The Morgan fingerprint density at radius 3 is 2.83 bits per heavy atom. The summed E-state index contributed by atoms with van der Waals surface area (Å²) in [5.74, 6) is -0.266. The number of benzene rings is 1. The van der Waals surface area contributed by atoms with Gasteiger partial charge in [0.25, 0.3) is 11.5 Å². The van der Waals surface area contributed by atoms with E-state index in [4.69, 9.17) is 0 Å². The lowest BCUT2D eigenvalue weighted by molar-refractivity contribution is 0.0945. The Bertz CT molecular complexity index is 895. The molecule has 118 valence electrons. The molecule has 6 nitrogen and oxygen atoms in total. The minimum Gasteiger partial charge on any atom is -0.351 e. The van der Waals surface area contributed by atoms with E-state index in [1.807, 2.05) is 12.1 Å². The Labute approximate surface area is 133 Å². The highest BCUT2D eigenvalue weighted by Gasteiger charge is 2.07. The highest BCUT2D eigenvalue weighted by molar-refractivity contribution is 5.91. The number of hydrogen-bond donors (Lipinski definition) is 1. The zero-order valence-corrected chi connectivity index (χ0v) is 12.9. The predicted octanol–water partition coefficient (Wildman–Crippen LogP) is 1.56. The molecule has 6 heteroatoms. The zero-order valence-electron chi connectivity index (χ0n) is 12.9. The van der Waals surface area contributed by atoms with Crippen LogP contribution in [-0.2, 0) is 13.6 Å². The van der Waals surface area contributed by atoms with Gasteiger partial charge in [-0.2, -0.15) is 5.10 Å². The lowest BCUT2D eigenvalue weighted by Gasteiger charge is -2.07. The first kappa shape index (κ1) is 15.0. The van der Waals surface area contributed by atoms with Gasteiger partial charge in [-0.1, -0.05) is 18.2 Å². The molecule has 1 N–H and O–H groups in total. The van der Waals surface area contributed by atoms with E-state index in [2.05, 4.69) is 39.4 Å². The Balaban J connectivity index is 1.54. The summed E-state index contributed by atoms with van der Waals surface area (Å²) >= 11 is 0. The number of aryl methyl sites for hydroxylation is 2. The van der Waals surface area contributed by atoms with Crippen molar-refractivity contribution >= 4 is 16.8 Å². The number of carbonyl (C=O) groups excluding carboxylic acids is 1. The van der Waals surface area contributed by atoms with Gasteiger partial charge in [-0.05, 0) is 30.0 Å². The van der Waals surface area contributed by atoms with Gasteiger partial charge < -0.3 is 9.88 Å². The molecule has 0 saturated carbocycles.